The first kappa shape index (κ1) is 12.5. The minimum atomic E-state index is 0.340. The van der Waals surface area contributed by atoms with Crippen molar-refractivity contribution in [3.63, 3.8) is 0 Å². The SMILES string of the molecule is CC(C)c1cc(NN)nc(-c2ccc(Br)s2)n1. The van der Waals surface area contributed by atoms with Crippen molar-refractivity contribution in [1.82, 2.24) is 9.97 Å². The summed E-state index contributed by atoms with van der Waals surface area (Å²) in [4.78, 5) is 9.93. The van der Waals surface area contributed by atoms with Crippen LogP contribution in [0.5, 0.6) is 0 Å². The summed E-state index contributed by atoms with van der Waals surface area (Å²) < 4.78 is 1.06. The van der Waals surface area contributed by atoms with E-state index in [9.17, 15) is 0 Å². The largest absolute Gasteiger partial charge is 0.308 e. The molecule has 0 amide bonds. The summed E-state index contributed by atoms with van der Waals surface area (Å²) in [5.74, 6) is 7.12. The lowest BCUT2D eigenvalue weighted by atomic mass is 10.1. The van der Waals surface area contributed by atoms with Crippen molar-refractivity contribution in [1.29, 1.82) is 0 Å². The van der Waals surface area contributed by atoms with E-state index in [1.807, 2.05) is 18.2 Å². The van der Waals surface area contributed by atoms with E-state index in [1.54, 1.807) is 11.3 Å². The zero-order valence-electron chi connectivity index (χ0n) is 9.57. The molecule has 0 atom stereocenters. The highest BCUT2D eigenvalue weighted by Crippen LogP contribution is 2.30. The van der Waals surface area contributed by atoms with Crippen molar-refractivity contribution in [3.8, 4) is 10.7 Å². The Kier molecular flexibility index (Phi) is 3.76. The standard InChI is InChI=1S/C11H13BrN4S/c1-6(2)7-5-10(16-13)15-11(14-7)8-3-4-9(12)17-8/h3-6H,13H2,1-2H3,(H,14,15,16). The number of anilines is 1. The molecule has 0 bridgehead atoms. The molecule has 6 heteroatoms. The second-order valence-corrected chi connectivity index (χ2v) is 6.37. The van der Waals surface area contributed by atoms with E-state index in [1.165, 1.54) is 0 Å². The minimum absolute atomic E-state index is 0.340. The van der Waals surface area contributed by atoms with E-state index in [2.05, 4.69) is 45.2 Å². The van der Waals surface area contributed by atoms with Gasteiger partial charge in [0, 0.05) is 11.8 Å². The molecular weight excluding hydrogens is 300 g/mol. The van der Waals surface area contributed by atoms with Crippen LogP contribution in [0, 0.1) is 0 Å². The van der Waals surface area contributed by atoms with Gasteiger partial charge in [-0.3, -0.25) is 0 Å². The summed E-state index contributed by atoms with van der Waals surface area (Å²) in [6.07, 6.45) is 0. The van der Waals surface area contributed by atoms with Gasteiger partial charge in [0.1, 0.15) is 5.82 Å². The molecule has 2 aromatic rings. The van der Waals surface area contributed by atoms with E-state index in [4.69, 9.17) is 5.84 Å². The molecule has 0 aromatic carbocycles. The summed E-state index contributed by atoms with van der Waals surface area (Å²) in [5.41, 5.74) is 3.56. The van der Waals surface area contributed by atoms with Crippen LogP contribution in [-0.4, -0.2) is 9.97 Å². The Bertz CT molecular complexity index is 524. The smallest absolute Gasteiger partial charge is 0.171 e. The third kappa shape index (κ3) is 2.83. The fraction of sp³-hybridized carbons (Fsp3) is 0.273. The first-order valence-electron chi connectivity index (χ1n) is 5.21. The summed E-state index contributed by atoms with van der Waals surface area (Å²) in [6, 6.07) is 5.85. The second-order valence-electron chi connectivity index (χ2n) is 3.90. The van der Waals surface area contributed by atoms with E-state index < -0.39 is 0 Å². The van der Waals surface area contributed by atoms with Crippen LogP contribution >= 0.6 is 27.3 Å². The van der Waals surface area contributed by atoms with Crippen molar-refractivity contribution in [2.45, 2.75) is 19.8 Å². The van der Waals surface area contributed by atoms with Gasteiger partial charge in [0.05, 0.1) is 8.66 Å². The third-order valence-corrected chi connectivity index (χ3v) is 3.90. The highest BCUT2D eigenvalue weighted by atomic mass is 79.9. The molecule has 0 spiro atoms. The molecular formula is C11H13BrN4S. The Morgan fingerprint density at radius 3 is 2.65 bits per heavy atom. The van der Waals surface area contributed by atoms with Crippen LogP contribution in [0.15, 0.2) is 22.0 Å². The molecule has 0 saturated carbocycles. The van der Waals surface area contributed by atoms with Gasteiger partial charge in [0.25, 0.3) is 0 Å². The first-order valence-corrected chi connectivity index (χ1v) is 6.82. The highest BCUT2D eigenvalue weighted by molar-refractivity contribution is 9.11. The molecule has 17 heavy (non-hydrogen) atoms. The predicted molar refractivity (Wildman–Crippen MR) is 74.9 cm³/mol. The van der Waals surface area contributed by atoms with Gasteiger partial charge in [-0.2, -0.15) is 0 Å². The van der Waals surface area contributed by atoms with Crippen molar-refractivity contribution in [3.05, 3.63) is 27.7 Å². The van der Waals surface area contributed by atoms with E-state index in [-0.39, 0.29) is 0 Å². The number of aromatic nitrogens is 2. The van der Waals surface area contributed by atoms with Gasteiger partial charge in [0.15, 0.2) is 5.82 Å². The minimum Gasteiger partial charge on any atom is -0.308 e. The second kappa shape index (κ2) is 5.12. The maximum absolute atomic E-state index is 5.42. The number of rotatable bonds is 3. The molecule has 2 rings (SSSR count). The number of hydrogen-bond acceptors (Lipinski definition) is 5. The molecule has 0 aliphatic heterocycles. The fourth-order valence-corrected chi connectivity index (χ4v) is 2.70. The van der Waals surface area contributed by atoms with Crippen LogP contribution in [0.2, 0.25) is 0 Å². The van der Waals surface area contributed by atoms with E-state index in [0.717, 1.165) is 14.4 Å². The lowest BCUT2D eigenvalue weighted by molar-refractivity contribution is 0.817. The number of nitrogens with zero attached hydrogens (tertiary/aromatic N) is 2. The summed E-state index contributed by atoms with van der Waals surface area (Å²) >= 11 is 5.04. The summed E-state index contributed by atoms with van der Waals surface area (Å²) in [5, 5.41) is 0. The van der Waals surface area contributed by atoms with E-state index in [0.29, 0.717) is 17.6 Å². The highest BCUT2D eigenvalue weighted by Gasteiger charge is 2.10. The Balaban J connectivity index is 2.49. The molecule has 0 aliphatic rings. The molecule has 0 unspecified atom stereocenters. The van der Waals surface area contributed by atoms with Gasteiger partial charge in [0.2, 0.25) is 0 Å². The van der Waals surface area contributed by atoms with Gasteiger partial charge < -0.3 is 5.43 Å². The van der Waals surface area contributed by atoms with Crippen LogP contribution in [0.3, 0.4) is 0 Å². The molecule has 0 aliphatic carbocycles. The third-order valence-electron chi connectivity index (χ3n) is 2.28. The average molecular weight is 313 g/mol. The van der Waals surface area contributed by atoms with Gasteiger partial charge in [-0.05, 0) is 34.0 Å². The molecule has 2 heterocycles. The number of nitrogen functional groups attached to an aromatic ring is 1. The molecule has 0 saturated heterocycles. The number of hydrazine groups is 1. The average Bonchev–Trinajstić information content (AvgIpc) is 2.75. The summed E-state index contributed by atoms with van der Waals surface area (Å²) in [6.45, 7) is 4.19. The summed E-state index contributed by atoms with van der Waals surface area (Å²) in [7, 11) is 0. The predicted octanol–water partition coefficient (Wildman–Crippen LogP) is 3.38. The quantitative estimate of drug-likeness (QED) is 0.673. The number of hydrogen-bond donors (Lipinski definition) is 2. The monoisotopic (exact) mass is 312 g/mol. The molecule has 4 nitrogen and oxygen atoms in total. The van der Waals surface area contributed by atoms with Crippen molar-refractivity contribution in [2.24, 2.45) is 5.84 Å². The molecule has 0 radical (unpaired) electrons. The normalized spacial score (nSPS) is 10.9. The lowest BCUT2D eigenvalue weighted by Crippen LogP contribution is -2.10. The topological polar surface area (TPSA) is 63.8 Å². The van der Waals surface area contributed by atoms with Gasteiger partial charge in [-0.1, -0.05) is 13.8 Å². The number of nitrogens with one attached hydrogen (secondary N) is 1. The van der Waals surface area contributed by atoms with Crippen LogP contribution < -0.4 is 11.3 Å². The molecule has 2 aromatic heterocycles. The maximum atomic E-state index is 5.42. The van der Waals surface area contributed by atoms with Gasteiger partial charge in [-0.25, -0.2) is 15.8 Å². The lowest BCUT2D eigenvalue weighted by Gasteiger charge is -2.08. The van der Waals surface area contributed by atoms with Gasteiger partial charge >= 0.3 is 0 Å². The molecule has 3 N–H and O–H groups in total. The van der Waals surface area contributed by atoms with Crippen molar-refractivity contribution < 1.29 is 0 Å². The van der Waals surface area contributed by atoms with Crippen molar-refractivity contribution >= 4 is 33.1 Å². The Morgan fingerprint density at radius 2 is 2.12 bits per heavy atom. The zero-order valence-corrected chi connectivity index (χ0v) is 12.0. The van der Waals surface area contributed by atoms with Crippen LogP contribution in [-0.2, 0) is 0 Å². The van der Waals surface area contributed by atoms with Crippen LogP contribution in [0.25, 0.3) is 10.7 Å². The number of nitrogens with two attached hydrogens (primary N) is 1. The first-order chi connectivity index (χ1) is 8.10. The number of halogens is 1. The Morgan fingerprint density at radius 1 is 1.35 bits per heavy atom. The molecule has 90 valence electrons. The zero-order chi connectivity index (χ0) is 12.4. The van der Waals surface area contributed by atoms with Gasteiger partial charge in [-0.15, -0.1) is 11.3 Å². The maximum Gasteiger partial charge on any atom is 0.171 e. The molecule has 0 fully saturated rings. The Labute approximate surface area is 112 Å². The van der Waals surface area contributed by atoms with E-state index >= 15 is 0 Å². The van der Waals surface area contributed by atoms with Crippen molar-refractivity contribution in [2.75, 3.05) is 5.43 Å². The van der Waals surface area contributed by atoms with Crippen LogP contribution in [0.1, 0.15) is 25.5 Å². The Hall–Kier alpha value is -0.980. The van der Waals surface area contributed by atoms with Crippen LogP contribution in [0.4, 0.5) is 5.82 Å². The number of thiophene rings is 1. The fourth-order valence-electron chi connectivity index (χ4n) is 1.38.